The van der Waals surface area contributed by atoms with Crippen LogP contribution in [0, 0.1) is 0 Å². The topological polar surface area (TPSA) is 37.4 Å². The van der Waals surface area contributed by atoms with Crippen molar-refractivity contribution in [1.82, 2.24) is 4.90 Å². The van der Waals surface area contributed by atoms with Crippen molar-refractivity contribution in [3.05, 3.63) is 77.9 Å². The van der Waals surface area contributed by atoms with Gasteiger partial charge in [0.25, 0.3) is 11.8 Å². The third-order valence-electron chi connectivity index (χ3n) is 5.14. The van der Waals surface area contributed by atoms with Crippen molar-refractivity contribution in [2.45, 2.75) is 30.6 Å². The number of carbonyl (C=O) groups is 2. The summed E-state index contributed by atoms with van der Waals surface area (Å²) in [6, 6.07) is 22.1. The van der Waals surface area contributed by atoms with E-state index in [4.69, 9.17) is 0 Å². The first kappa shape index (κ1) is 18.8. The van der Waals surface area contributed by atoms with E-state index < -0.39 is 0 Å². The van der Waals surface area contributed by atoms with Crippen molar-refractivity contribution in [2.24, 2.45) is 0 Å². The van der Waals surface area contributed by atoms with Gasteiger partial charge in [-0.25, -0.2) is 0 Å². The minimum atomic E-state index is -0.146. The Kier molecular flexibility index (Phi) is 5.77. The van der Waals surface area contributed by atoms with Crippen LogP contribution in [-0.4, -0.2) is 29.0 Å². The molecule has 1 heterocycles. The summed E-state index contributed by atoms with van der Waals surface area (Å²) in [6.45, 7) is 0.518. The molecule has 0 fully saturated rings. The molecule has 0 bridgehead atoms. The molecule has 3 aromatic carbocycles. The van der Waals surface area contributed by atoms with Crippen LogP contribution in [0.25, 0.3) is 10.8 Å². The molecule has 0 aromatic heterocycles. The van der Waals surface area contributed by atoms with Gasteiger partial charge in [0.15, 0.2) is 0 Å². The van der Waals surface area contributed by atoms with Gasteiger partial charge in [0, 0.05) is 11.4 Å². The van der Waals surface area contributed by atoms with Crippen LogP contribution in [0.1, 0.15) is 46.4 Å². The highest BCUT2D eigenvalue weighted by molar-refractivity contribution is 7.99. The normalized spacial score (nSPS) is 13.4. The molecule has 2 amide bonds. The molecule has 1 aliphatic rings. The fourth-order valence-corrected chi connectivity index (χ4v) is 4.57. The molecule has 28 heavy (non-hydrogen) atoms. The highest BCUT2D eigenvalue weighted by atomic mass is 32.2. The van der Waals surface area contributed by atoms with Gasteiger partial charge in [0.1, 0.15) is 0 Å². The van der Waals surface area contributed by atoms with Crippen LogP contribution in [-0.2, 0) is 0 Å². The minimum Gasteiger partial charge on any atom is -0.274 e. The highest BCUT2D eigenvalue weighted by Gasteiger charge is 2.34. The molecule has 3 nitrogen and oxygen atoms in total. The third kappa shape index (κ3) is 3.97. The van der Waals surface area contributed by atoms with Crippen LogP contribution in [0.5, 0.6) is 0 Å². The molecule has 1 aliphatic heterocycles. The second kappa shape index (κ2) is 8.61. The summed E-state index contributed by atoms with van der Waals surface area (Å²) in [7, 11) is 0. The van der Waals surface area contributed by atoms with Crippen molar-refractivity contribution in [2.75, 3.05) is 12.3 Å². The predicted molar refractivity (Wildman–Crippen MR) is 115 cm³/mol. The number of rotatable bonds is 8. The van der Waals surface area contributed by atoms with Gasteiger partial charge >= 0.3 is 0 Å². The molecule has 4 heteroatoms. The lowest BCUT2D eigenvalue weighted by atomic mass is 10.1. The molecule has 0 saturated heterocycles. The lowest BCUT2D eigenvalue weighted by molar-refractivity contribution is 0.0651. The zero-order valence-corrected chi connectivity index (χ0v) is 16.6. The van der Waals surface area contributed by atoms with E-state index in [2.05, 4.69) is 42.5 Å². The van der Waals surface area contributed by atoms with Gasteiger partial charge < -0.3 is 0 Å². The quantitative estimate of drug-likeness (QED) is 0.278. The number of hydrogen-bond acceptors (Lipinski definition) is 3. The monoisotopic (exact) mass is 389 g/mol. The summed E-state index contributed by atoms with van der Waals surface area (Å²) in [6.07, 6.45) is 4.15. The zero-order chi connectivity index (χ0) is 19.3. The lowest BCUT2D eigenvalue weighted by Gasteiger charge is -2.13. The Morgan fingerprint density at radius 3 is 2.07 bits per heavy atom. The molecule has 0 unspecified atom stereocenters. The van der Waals surface area contributed by atoms with Crippen LogP contribution in [0.2, 0.25) is 0 Å². The van der Waals surface area contributed by atoms with Crippen molar-refractivity contribution >= 4 is 34.3 Å². The molecule has 4 rings (SSSR count). The van der Waals surface area contributed by atoms with Crippen LogP contribution < -0.4 is 0 Å². The number of benzene rings is 3. The van der Waals surface area contributed by atoms with Gasteiger partial charge in [-0.1, -0.05) is 55.3 Å². The predicted octanol–water partition coefficient (Wildman–Crippen LogP) is 5.79. The smallest absolute Gasteiger partial charge is 0.261 e. The van der Waals surface area contributed by atoms with E-state index in [1.54, 1.807) is 24.3 Å². The molecule has 0 radical (unpaired) electrons. The highest BCUT2D eigenvalue weighted by Crippen LogP contribution is 2.25. The molecule has 0 atom stereocenters. The van der Waals surface area contributed by atoms with E-state index in [-0.39, 0.29) is 11.8 Å². The Morgan fingerprint density at radius 1 is 0.679 bits per heavy atom. The van der Waals surface area contributed by atoms with E-state index in [0.717, 1.165) is 31.4 Å². The van der Waals surface area contributed by atoms with Crippen LogP contribution in [0.15, 0.2) is 71.6 Å². The Balaban J connectivity index is 1.17. The fraction of sp³-hybridized carbons (Fsp3) is 0.250. The molecule has 0 N–H and O–H groups in total. The fourth-order valence-electron chi connectivity index (χ4n) is 3.61. The van der Waals surface area contributed by atoms with Crippen LogP contribution in [0.4, 0.5) is 0 Å². The Hall–Kier alpha value is -2.59. The molecule has 3 aromatic rings. The van der Waals surface area contributed by atoms with Gasteiger partial charge in [-0.15, -0.1) is 11.8 Å². The maximum absolute atomic E-state index is 12.3. The molecule has 0 spiro atoms. The summed E-state index contributed by atoms with van der Waals surface area (Å²) in [5, 5.41) is 2.56. The van der Waals surface area contributed by atoms with Gasteiger partial charge in [0.05, 0.1) is 11.1 Å². The van der Waals surface area contributed by atoms with Gasteiger partial charge in [-0.05, 0) is 53.6 Å². The number of fused-ring (bicyclic) bond motifs is 2. The van der Waals surface area contributed by atoms with Crippen LogP contribution >= 0.6 is 11.8 Å². The minimum absolute atomic E-state index is 0.146. The van der Waals surface area contributed by atoms with E-state index >= 15 is 0 Å². The Labute approximate surface area is 169 Å². The standard InChI is InChI=1S/C24H23NO2S/c26-23-21-11-5-6-12-22(21)24(27)25(23)15-7-1-2-8-16-28-20-14-13-18-9-3-4-10-19(18)17-20/h3-6,9-14,17H,1-2,7-8,15-16H2. The number of imide groups is 1. The zero-order valence-electron chi connectivity index (χ0n) is 15.8. The molecular formula is C24H23NO2S. The number of carbonyl (C=O) groups excluding carboxylic acids is 2. The molecule has 0 aliphatic carbocycles. The van der Waals surface area contributed by atoms with Gasteiger partial charge in [-0.3, -0.25) is 14.5 Å². The number of hydrogen-bond donors (Lipinski definition) is 0. The van der Waals surface area contributed by atoms with Gasteiger partial charge in [0.2, 0.25) is 0 Å². The van der Waals surface area contributed by atoms with Crippen molar-refractivity contribution < 1.29 is 9.59 Å². The number of unbranched alkanes of at least 4 members (excludes halogenated alkanes) is 3. The first-order valence-electron chi connectivity index (χ1n) is 9.81. The average molecular weight is 390 g/mol. The summed E-state index contributed by atoms with van der Waals surface area (Å²) < 4.78 is 0. The summed E-state index contributed by atoms with van der Waals surface area (Å²) in [4.78, 5) is 27.4. The Morgan fingerprint density at radius 2 is 1.32 bits per heavy atom. The van der Waals surface area contributed by atoms with Crippen molar-refractivity contribution in [3.8, 4) is 0 Å². The second-order valence-electron chi connectivity index (χ2n) is 7.08. The van der Waals surface area contributed by atoms with Crippen molar-refractivity contribution in [3.63, 3.8) is 0 Å². The first-order chi connectivity index (χ1) is 13.7. The lowest BCUT2D eigenvalue weighted by Crippen LogP contribution is -2.30. The van der Waals surface area contributed by atoms with E-state index in [1.165, 1.54) is 20.6 Å². The van der Waals surface area contributed by atoms with E-state index in [9.17, 15) is 9.59 Å². The number of nitrogens with zero attached hydrogens (tertiary/aromatic N) is 1. The van der Waals surface area contributed by atoms with Crippen molar-refractivity contribution in [1.29, 1.82) is 0 Å². The summed E-state index contributed by atoms with van der Waals surface area (Å²) in [5.41, 5.74) is 1.08. The largest absolute Gasteiger partial charge is 0.274 e. The summed E-state index contributed by atoms with van der Waals surface area (Å²) in [5.74, 6) is 0.797. The average Bonchev–Trinajstić information content (AvgIpc) is 2.98. The molecule has 0 saturated carbocycles. The maximum Gasteiger partial charge on any atom is 0.261 e. The van der Waals surface area contributed by atoms with Gasteiger partial charge in [-0.2, -0.15) is 0 Å². The number of amides is 2. The first-order valence-corrected chi connectivity index (χ1v) is 10.8. The second-order valence-corrected chi connectivity index (χ2v) is 8.25. The molecular weight excluding hydrogens is 366 g/mol. The molecule has 142 valence electrons. The van der Waals surface area contributed by atoms with E-state index in [1.807, 2.05) is 11.8 Å². The van der Waals surface area contributed by atoms with Crippen LogP contribution in [0.3, 0.4) is 0 Å². The Bertz CT molecular complexity index is 979. The third-order valence-corrected chi connectivity index (χ3v) is 6.22. The summed E-state index contributed by atoms with van der Waals surface area (Å²) >= 11 is 1.89. The SMILES string of the molecule is O=C1c2ccccc2C(=O)N1CCCCCCSc1ccc2ccccc2c1. The maximum atomic E-state index is 12.3. The van der Waals surface area contributed by atoms with E-state index in [0.29, 0.717) is 17.7 Å². The number of thioether (sulfide) groups is 1.